The molecule has 0 bridgehead atoms. The zero-order valence-corrected chi connectivity index (χ0v) is 12.4. The smallest absolute Gasteiger partial charge is 0.119 e. The predicted octanol–water partition coefficient (Wildman–Crippen LogP) is 3.11. The molecule has 1 aromatic carbocycles. The largest absolute Gasteiger partial charge is 0.491 e. The molecule has 3 nitrogen and oxygen atoms in total. The first-order chi connectivity index (χ1) is 9.11. The Labute approximate surface area is 116 Å². The van der Waals surface area contributed by atoms with Crippen LogP contribution in [0.5, 0.6) is 5.75 Å². The number of hydrogen-bond acceptors (Lipinski definition) is 3. The number of hydrogen-bond donors (Lipinski definition) is 1. The van der Waals surface area contributed by atoms with E-state index in [0.717, 1.165) is 25.4 Å². The van der Waals surface area contributed by atoms with Gasteiger partial charge in [-0.05, 0) is 38.5 Å². The summed E-state index contributed by atoms with van der Waals surface area (Å²) in [5, 5.41) is 3.33. The van der Waals surface area contributed by atoms with E-state index in [1.54, 1.807) is 7.11 Å². The van der Waals surface area contributed by atoms with Crippen molar-refractivity contribution in [2.24, 2.45) is 0 Å². The van der Waals surface area contributed by atoms with Gasteiger partial charge in [0.1, 0.15) is 5.75 Å². The van der Waals surface area contributed by atoms with Gasteiger partial charge in [0, 0.05) is 20.2 Å². The Hall–Kier alpha value is -1.32. The third-order valence-electron chi connectivity index (χ3n) is 2.55. The van der Waals surface area contributed by atoms with Crippen molar-refractivity contribution < 1.29 is 9.47 Å². The van der Waals surface area contributed by atoms with E-state index in [4.69, 9.17) is 9.47 Å². The second kappa shape index (κ2) is 8.73. The maximum absolute atomic E-state index is 5.62. The van der Waals surface area contributed by atoms with Gasteiger partial charge in [-0.3, -0.25) is 0 Å². The summed E-state index contributed by atoms with van der Waals surface area (Å²) < 4.78 is 10.6. The van der Waals surface area contributed by atoms with E-state index in [1.165, 1.54) is 11.1 Å². The van der Waals surface area contributed by atoms with Crippen molar-refractivity contribution in [1.82, 2.24) is 5.32 Å². The van der Waals surface area contributed by atoms with Gasteiger partial charge in [-0.15, -0.1) is 0 Å². The molecular weight excluding hydrogens is 238 g/mol. The second-order valence-corrected chi connectivity index (χ2v) is 4.90. The average molecular weight is 263 g/mol. The van der Waals surface area contributed by atoms with Crippen LogP contribution in [0.3, 0.4) is 0 Å². The van der Waals surface area contributed by atoms with Crippen molar-refractivity contribution >= 4 is 6.08 Å². The molecule has 19 heavy (non-hydrogen) atoms. The molecule has 0 fully saturated rings. The number of nitrogens with one attached hydrogen (secondary N) is 1. The van der Waals surface area contributed by atoms with E-state index >= 15 is 0 Å². The summed E-state index contributed by atoms with van der Waals surface area (Å²) in [5.41, 5.74) is 2.50. The number of rotatable bonds is 8. The van der Waals surface area contributed by atoms with Crippen LogP contribution >= 0.6 is 0 Å². The molecule has 0 saturated heterocycles. The zero-order chi connectivity index (χ0) is 14.1. The molecule has 0 aliphatic heterocycles. The Bertz CT molecular complexity index is 382. The van der Waals surface area contributed by atoms with Crippen molar-refractivity contribution in [3.05, 3.63) is 35.4 Å². The molecule has 106 valence electrons. The number of ether oxygens (including phenoxy) is 2. The van der Waals surface area contributed by atoms with Gasteiger partial charge < -0.3 is 14.8 Å². The maximum Gasteiger partial charge on any atom is 0.119 e. The lowest BCUT2D eigenvalue weighted by atomic mass is 10.1. The van der Waals surface area contributed by atoms with Crippen LogP contribution in [-0.4, -0.2) is 32.9 Å². The normalized spacial score (nSPS) is 11.9. The summed E-state index contributed by atoms with van der Waals surface area (Å²) in [6.45, 7) is 8.69. The van der Waals surface area contributed by atoms with Gasteiger partial charge in [-0.1, -0.05) is 23.8 Å². The summed E-state index contributed by atoms with van der Waals surface area (Å²) in [6, 6.07) is 8.18. The minimum atomic E-state index is 0.216. The van der Waals surface area contributed by atoms with Crippen molar-refractivity contribution in [3.63, 3.8) is 0 Å². The van der Waals surface area contributed by atoms with Gasteiger partial charge in [0.2, 0.25) is 0 Å². The molecular formula is C16H25NO2. The van der Waals surface area contributed by atoms with E-state index in [-0.39, 0.29) is 6.10 Å². The number of methoxy groups -OCH3 is 1. The Morgan fingerprint density at radius 1 is 1.26 bits per heavy atom. The third-order valence-corrected chi connectivity index (χ3v) is 2.55. The van der Waals surface area contributed by atoms with Crippen molar-refractivity contribution in [1.29, 1.82) is 0 Å². The molecule has 0 spiro atoms. The fraction of sp³-hybridized carbons (Fsp3) is 0.500. The highest BCUT2D eigenvalue weighted by Crippen LogP contribution is 2.15. The first kappa shape index (κ1) is 15.7. The highest BCUT2D eigenvalue weighted by atomic mass is 16.5. The molecule has 0 saturated carbocycles. The van der Waals surface area contributed by atoms with Crippen LogP contribution in [0.4, 0.5) is 0 Å². The Balaban J connectivity index is 2.46. The Morgan fingerprint density at radius 3 is 2.53 bits per heavy atom. The van der Waals surface area contributed by atoms with Crippen LogP contribution < -0.4 is 10.1 Å². The van der Waals surface area contributed by atoms with E-state index < -0.39 is 0 Å². The highest BCUT2D eigenvalue weighted by molar-refractivity contribution is 5.53. The molecule has 0 aliphatic carbocycles. The van der Waals surface area contributed by atoms with Crippen LogP contribution in [0.25, 0.3) is 6.08 Å². The van der Waals surface area contributed by atoms with Gasteiger partial charge in [0.25, 0.3) is 0 Å². The molecule has 0 aromatic heterocycles. The second-order valence-electron chi connectivity index (χ2n) is 4.90. The van der Waals surface area contributed by atoms with Crippen LogP contribution in [0, 0.1) is 0 Å². The molecule has 1 rings (SSSR count). The van der Waals surface area contributed by atoms with Crippen molar-refractivity contribution in [3.8, 4) is 5.75 Å². The average Bonchev–Trinajstić information content (AvgIpc) is 2.36. The summed E-state index contributed by atoms with van der Waals surface area (Å²) in [6.07, 6.45) is 2.40. The maximum atomic E-state index is 5.62. The van der Waals surface area contributed by atoms with Crippen molar-refractivity contribution in [2.45, 2.75) is 26.9 Å². The lowest BCUT2D eigenvalue weighted by Gasteiger charge is -2.09. The standard InChI is InChI=1S/C16H25NO2/c1-13(2)19-16-7-5-15(6-8-16)11-14(3)12-17-9-10-18-4/h5-8,11,13,17H,9-10,12H2,1-4H3. The topological polar surface area (TPSA) is 30.5 Å². The molecule has 0 aliphatic rings. The van der Waals surface area contributed by atoms with Crippen LogP contribution in [0.15, 0.2) is 29.8 Å². The SMILES string of the molecule is COCCNCC(C)=Cc1ccc(OC(C)C)cc1. The van der Waals surface area contributed by atoms with Crippen LogP contribution in [0.1, 0.15) is 26.3 Å². The van der Waals surface area contributed by atoms with Gasteiger partial charge >= 0.3 is 0 Å². The first-order valence-electron chi connectivity index (χ1n) is 6.75. The lowest BCUT2D eigenvalue weighted by Crippen LogP contribution is -2.20. The molecule has 0 unspecified atom stereocenters. The highest BCUT2D eigenvalue weighted by Gasteiger charge is 1.97. The predicted molar refractivity (Wildman–Crippen MR) is 80.6 cm³/mol. The zero-order valence-electron chi connectivity index (χ0n) is 12.4. The monoisotopic (exact) mass is 263 g/mol. The molecule has 1 aromatic rings. The lowest BCUT2D eigenvalue weighted by molar-refractivity contribution is 0.200. The van der Waals surface area contributed by atoms with E-state index in [2.05, 4.69) is 30.4 Å². The summed E-state index contributed by atoms with van der Waals surface area (Å²) in [5.74, 6) is 0.919. The summed E-state index contributed by atoms with van der Waals surface area (Å²) >= 11 is 0. The summed E-state index contributed by atoms with van der Waals surface area (Å²) in [4.78, 5) is 0. The van der Waals surface area contributed by atoms with Gasteiger partial charge in [0.05, 0.1) is 12.7 Å². The van der Waals surface area contributed by atoms with Gasteiger partial charge in [0.15, 0.2) is 0 Å². The van der Waals surface area contributed by atoms with Crippen molar-refractivity contribution in [2.75, 3.05) is 26.8 Å². The minimum absolute atomic E-state index is 0.216. The van der Waals surface area contributed by atoms with E-state index in [9.17, 15) is 0 Å². The number of benzene rings is 1. The Morgan fingerprint density at radius 2 is 1.95 bits per heavy atom. The molecule has 3 heteroatoms. The molecule has 0 amide bonds. The minimum Gasteiger partial charge on any atom is -0.491 e. The van der Waals surface area contributed by atoms with Crippen LogP contribution in [0.2, 0.25) is 0 Å². The third kappa shape index (κ3) is 6.99. The van der Waals surface area contributed by atoms with Gasteiger partial charge in [-0.2, -0.15) is 0 Å². The van der Waals surface area contributed by atoms with Crippen LogP contribution in [-0.2, 0) is 4.74 Å². The molecule has 0 radical (unpaired) electrons. The molecule has 0 atom stereocenters. The molecule has 0 heterocycles. The fourth-order valence-corrected chi connectivity index (χ4v) is 1.71. The first-order valence-corrected chi connectivity index (χ1v) is 6.75. The molecule has 1 N–H and O–H groups in total. The fourth-order valence-electron chi connectivity index (χ4n) is 1.71. The van der Waals surface area contributed by atoms with Gasteiger partial charge in [-0.25, -0.2) is 0 Å². The van der Waals surface area contributed by atoms with E-state index in [0.29, 0.717) is 0 Å². The summed E-state index contributed by atoms with van der Waals surface area (Å²) in [7, 11) is 1.71. The quantitative estimate of drug-likeness (QED) is 0.731. The van der Waals surface area contributed by atoms with E-state index in [1.807, 2.05) is 26.0 Å². The Kier molecular flexibility index (Phi) is 7.23.